The Hall–Kier alpha value is -3.20. The highest BCUT2D eigenvalue weighted by Gasteiger charge is 2.23. The molecule has 0 fully saturated rings. The van der Waals surface area contributed by atoms with E-state index in [-0.39, 0.29) is 26.1 Å². The predicted molar refractivity (Wildman–Crippen MR) is 96.0 cm³/mol. The van der Waals surface area contributed by atoms with Crippen LogP contribution in [0.15, 0.2) is 36.8 Å². The minimum atomic E-state index is -1.18. The highest BCUT2D eigenvalue weighted by Crippen LogP contribution is 2.07. The summed E-state index contributed by atoms with van der Waals surface area (Å²) in [5, 5.41) is 20.8. The number of carboxylic acid groups (broad SMARTS) is 2. The Morgan fingerprint density at radius 3 is 2.44 bits per heavy atom. The Balaban J connectivity index is 1.99. The summed E-state index contributed by atoms with van der Waals surface area (Å²) in [6.45, 7) is 1.64. The zero-order chi connectivity index (χ0) is 19.8. The number of carboxylic acids is 2. The number of imidazole rings is 1. The van der Waals surface area contributed by atoms with Crippen LogP contribution in [0.25, 0.3) is 0 Å². The number of rotatable bonds is 10. The fourth-order valence-electron chi connectivity index (χ4n) is 2.57. The maximum atomic E-state index is 12.3. The molecule has 0 saturated heterocycles. The molecule has 2 aromatic rings. The Morgan fingerprint density at radius 2 is 1.89 bits per heavy atom. The number of aromatic nitrogens is 2. The molecule has 144 valence electrons. The van der Waals surface area contributed by atoms with Gasteiger partial charge in [0.15, 0.2) is 0 Å². The largest absolute Gasteiger partial charge is 0.480 e. The van der Waals surface area contributed by atoms with Gasteiger partial charge in [-0.3, -0.25) is 14.5 Å². The van der Waals surface area contributed by atoms with Gasteiger partial charge in [0.05, 0.1) is 19.4 Å². The zero-order valence-electron chi connectivity index (χ0n) is 14.9. The molecule has 9 heteroatoms. The first kappa shape index (κ1) is 20.1. The van der Waals surface area contributed by atoms with Crippen LogP contribution in [0.1, 0.15) is 16.8 Å². The minimum absolute atomic E-state index is 0.0535. The van der Waals surface area contributed by atoms with Crippen molar-refractivity contribution in [2.45, 2.75) is 25.9 Å². The average Bonchev–Trinajstić information content (AvgIpc) is 3.08. The summed E-state index contributed by atoms with van der Waals surface area (Å²) in [5.41, 5.74) is 2.51. The van der Waals surface area contributed by atoms with E-state index in [1.54, 1.807) is 0 Å². The van der Waals surface area contributed by atoms with Crippen LogP contribution in [-0.4, -0.2) is 62.1 Å². The molecular weight excluding hydrogens is 352 g/mol. The van der Waals surface area contributed by atoms with E-state index in [0.29, 0.717) is 5.69 Å². The Labute approximate surface area is 156 Å². The molecular formula is C18H22N4O5. The van der Waals surface area contributed by atoms with E-state index < -0.39 is 23.9 Å². The van der Waals surface area contributed by atoms with E-state index in [9.17, 15) is 19.5 Å². The number of carbonyl (C=O) groups excluding carboxylic acids is 1. The fourth-order valence-corrected chi connectivity index (χ4v) is 2.57. The van der Waals surface area contributed by atoms with Crippen molar-refractivity contribution in [3.8, 4) is 0 Å². The summed E-state index contributed by atoms with van der Waals surface area (Å²) in [7, 11) is 0. The van der Waals surface area contributed by atoms with Crippen molar-refractivity contribution in [2.24, 2.45) is 0 Å². The van der Waals surface area contributed by atoms with Gasteiger partial charge in [-0.05, 0) is 12.5 Å². The third-order valence-corrected chi connectivity index (χ3v) is 3.87. The summed E-state index contributed by atoms with van der Waals surface area (Å²) >= 11 is 0. The van der Waals surface area contributed by atoms with Crippen LogP contribution in [0.2, 0.25) is 0 Å². The number of amides is 1. The second kappa shape index (κ2) is 9.48. The van der Waals surface area contributed by atoms with Crippen molar-refractivity contribution in [3.63, 3.8) is 0 Å². The summed E-state index contributed by atoms with van der Waals surface area (Å²) in [6.07, 6.45) is 2.96. The van der Waals surface area contributed by atoms with E-state index in [0.717, 1.165) is 11.1 Å². The first-order chi connectivity index (χ1) is 12.8. The van der Waals surface area contributed by atoms with Crippen LogP contribution in [0, 0.1) is 6.92 Å². The molecule has 1 amide bonds. The molecule has 9 nitrogen and oxygen atoms in total. The first-order valence-electron chi connectivity index (χ1n) is 8.32. The molecule has 1 atom stereocenters. The summed E-state index contributed by atoms with van der Waals surface area (Å²) < 4.78 is 0. The summed E-state index contributed by atoms with van der Waals surface area (Å²) in [4.78, 5) is 42.8. The number of carbonyl (C=O) groups is 3. The molecule has 4 N–H and O–H groups in total. The molecule has 0 aliphatic heterocycles. The quantitative estimate of drug-likeness (QED) is 0.473. The highest BCUT2D eigenvalue weighted by atomic mass is 16.4. The van der Waals surface area contributed by atoms with Gasteiger partial charge in [-0.1, -0.05) is 29.8 Å². The van der Waals surface area contributed by atoms with Crippen molar-refractivity contribution in [1.29, 1.82) is 0 Å². The topological polar surface area (TPSA) is 136 Å². The normalized spacial score (nSPS) is 11.9. The summed E-state index contributed by atoms with van der Waals surface area (Å²) in [5.74, 6) is -2.81. The van der Waals surface area contributed by atoms with Gasteiger partial charge in [0.2, 0.25) is 5.91 Å². The minimum Gasteiger partial charge on any atom is -0.480 e. The predicted octanol–water partition coefficient (Wildman–Crippen LogP) is 0.417. The number of aryl methyl sites for hydroxylation is 1. The standard InChI is InChI=1S/C18H22N4O5/c1-12-2-4-13(5-3-12)8-22(10-17(24)25)9-16(23)21-15(18(26)27)6-14-7-19-11-20-14/h2-5,7,11,15H,6,8-10H2,1H3,(H,19,20)(H,21,23)(H,24,25)(H,26,27)/t15-/m0/s1. The lowest BCUT2D eigenvalue weighted by Crippen LogP contribution is -2.47. The van der Waals surface area contributed by atoms with Crippen molar-refractivity contribution < 1.29 is 24.6 Å². The SMILES string of the molecule is Cc1ccc(CN(CC(=O)O)CC(=O)N[C@@H](Cc2cnc[nH]2)C(=O)O)cc1. The molecule has 0 unspecified atom stereocenters. The number of aliphatic carboxylic acids is 2. The molecule has 27 heavy (non-hydrogen) atoms. The number of hydrogen-bond donors (Lipinski definition) is 4. The number of H-pyrrole nitrogens is 1. The molecule has 1 aromatic heterocycles. The van der Waals surface area contributed by atoms with Gasteiger partial charge in [0, 0.05) is 24.9 Å². The van der Waals surface area contributed by atoms with Crippen molar-refractivity contribution in [2.75, 3.05) is 13.1 Å². The van der Waals surface area contributed by atoms with Gasteiger partial charge in [0.25, 0.3) is 0 Å². The van der Waals surface area contributed by atoms with E-state index >= 15 is 0 Å². The van der Waals surface area contributed by atoms with E-state index in [2.05, 4.69) is 15.3 Å². The smallest absolute Gasteiger partial charge is 0.326 e. The monoisotopic (exact) mass is 374 g/mol. The number of benzene rings is 1. The van der Waals surface area contributed by atoms with Gasteiger partial charge in [-0.15, -0.1) is 0 Å². The molecule has 0 aliphatic carbocycles. The fraction of sp³-hybridized carbons (Fsp3) is 0.333. The Kier molecular flexibility index (Phi) is 7.07. The maximum absolute atomic E-state index is 12.3. The molecule has 2 rings (SSSR count). The van der Waals surface area contributed by atoms with Crippen LogP contribution < -0.4 is 5.32 Å². The Morgan fingerprint density at radius 1 is 1.19 bits per heavy atom. The molecule has 1 aromatic carbocycles. The van der Waals surface area contributed by atoms with Crippen LogP contribution in [0.5, 0.6) is 0 Å². The maximum Gasteiger partial charge on any atom is 0.326 e. The molecule has 0 spiro atoms. The van der Waals surface area contributed by atoms with Crippen LogP contribution in [-0.2, 0) is 27.3 Å². The van der Waals surface area contributed by atoms with Gasteiger partial charge < -0.3 is 20.5 Å². The molecule has 0 bridgehead atoms. The van der Waals surface area contributed by atoms with Gasteiger partial charge >= 0.3 is 11.9 Å². The third-order valence-electron chi connectivity index (χ3n) is 3.87. The van der Waals surface area contributed by atoms with Crippen LogP contribution >= 0.6 is 0 Å². The summed E-state index contributed by atoms with van der Waals surface area (Å²) in [6, 6.07) is 6.39. The zero-order valence-corrected chi connectivity index (χ0v) is 14.9. The lowest BCUT2D eigenvalue weighted by Gasteiger charge is -2.21. The second-order valence-electron chi connectivity index (χ2n) is 6.26. The molecule has 0 aliphatic rings. The molecule has 1 heterocycles. The van der Waals surface area contributed by atoms with Gasteiger partial charge in [-0.2, -0.15) is 0 Å². The number of hydrogen-bond acceptors (Lipinski definition) is 5. The average molecular weight is 374 g/mol. The third kappa shape index (κ3) is 6.90. The lowest BCUT2D eigenvalue weighted by molar-refractivity contribution is -0.143. The lowest BCUT2D eigenvalue weighted by atomic mass is 10.1. The highest BCUT2D eigenvalue weighted by molar-refractivity contribution is 5.85. The van der Waals surface area contributed by atoms with E-state index in [1.165, 1.54) is 17.4 Å². The van der Waals surface area contributed by atoms with Crippen LogP contribution in [0.4, 0.5) is 0 Å². The van der Waals surface area contributed by atoms with Gasteiger partial charge in [0.1, 0.15) is 6.04 Å². The van der Waals surface area contributed by atoms with E-state index in [1.807, 2.05) is 31.2 Å². The number of aromatic amines is 1. The molecule has 0 radical (unpaired) electrons. The van der Waals surface area contributed by atoms with Crippen molar-refractivity contribution in [1.82, 2.24) is 20.2 Å². The number of nitrogens with one attached hydrogen (secondary N) is 2. The van der Waals surface area contributed by atoms with Gasteiger partial charge in [-0.25, -0.2) is 9.78 Å². The molecule has 0 saturated carbocycles. The first-order valence-corrected chi connectivity index (χ1v) is 8.32. The second-order valence-corrected chi connectivity index (χ2v) is 6.26. The van der Waals surface area contributed by atoms with Crippen molar-refractivity contribution >= 4 is 17.8 Å². The van der Waals surface area contributed by atoms with E-state index in [4.69, 9.17) is 5.11 Å². The number of nitrogens with zero attached hydrogens (tertiary/aromatic N) is 2. The Bertz CT molecular complexity index is 774. The van der Waals surface area contributed by atoms with Crippen molar-refractivity contribution in [3.05, 3.63) is 53.6 Å². The van der Waals surface area contributed by atoms with Crippen LogP contribution in [0.3, 0.4) is 0 Å².